The Bertz CT molecular complexity index is 1400. The lowest BCUT2D eigenvalue weighted by Crippen LogP contribution is -2.07. The van der Waals surface area contributed by atoms with Crippen LogP contribution >= 0.6 is 23.7 Å². The molecule has 0 amide bonds. The number of nitrogens with one attached hydrogen (secondary N) is 1. The van der Waals surface area contributed by atoms with Gasteiger partial charge < -0.3 is 14.6 Å². The van der Waals surface area contributed by atoms with Crippen molar-refractivity contribution < 1.29 is 27.8 Å². The van der Waals surface area contributed by atoms with Gasteiger partial charge >= 0.3 is 12.1 Å². The number of allylic oxidation sites excluding steroid dienone is 2. The first kappa shape index (κ1) is 30.2. The SMILES string of the molecule is C/C=C(/SNc1ccc(C(=O)O)cc1OC)SC(=C(C)CC)c1ccc(-c2ccc(C(F)(F)F)c(C)c2)cc1. The van der Waals surface area contributed by atoms with E-state index in [0.717, 1.165) is 38.3 Å². The molecule has 3 aromatic rings. The maximum atomic E-state index is 13.2. The number of alkyl halides is 3. The van der Waals surface area contributed by atoms with Crippen molar-refractivity contribution in [2.24, 2.45) is 0 Å². The first-order valence-electron chi connectivity index (χ1n) is 12.1. The van der Waals surface area contributed by atoms with E-state index in [0.29, 0.717) is 11.4 Å². The van der Waals surface area contributed by atoms with E-state index in [2.05, 4.69) is 18.6 Å². The molecule has 0 bridgehead atoms. The van der Waals surface area contributed by atoms with Gasteiger partial charge in [0.05, 0.1) is 28.2 Å². The summed E-state index contributed by atoms with van der Waals surface area (Å²) in [5, 5.41) is 9.23. The summed E-state index contributed by atoms with van der Waals surface area (Å²) in [5.74, 6) is -0.598. The molecule has 0 saturated heterocycles. The second-order valence-corrected chi connectivity index (χ2v) is 10.9. The molecule has 0 spiro atoms. The largest absolute Gasteiger partial charge is 0.495 e. The van der Waals surface area contributed by atoms with Crippen LogP contribution in [0.25, 0.3) is 16.0 Å². The van der Waals surface area contributed by atoms with E-state index in [1.807, 2.05) is 37.3 Å². The molecule has 0 unspecified atom stereocenters. The molecule has 0 aliphatic rings. The summed E-state index contributed by atoms with van der Waals surface area (Å²) < 4.78 is 49.1. The van der Waals surface area contributed by atoms with E-state index in [-0.39, 0.29) is 11.1 Å². The summed E-state index contributed by atoms with van der Waals surface area (Å²) >= 11 is 3.00. The van der Waals surface area contributed by atoms with Crippen LogP contribution in [0.2, 0.25) is 0 Å². The summed E-state index contributed by atoms with van der Waals surface area (Å²) in [6.45, 7) is 7.58. The van der Waals surface area contributed by atoms with Crippen LogP contribution in [0.5, 0.6) is 5.75 Å². The number of methoxy groups -OCH3 is 1. The summed E-state index contributed by atoms with van der Waals surface area (Å²) in [5.41, 5.74) is 4.14. The van der Waals surface area contributed by atoms with E-state index in [1.165, 1.54) is 49.8 Å². The van der Waals surface area contributed by atoms with Crippen molar-refractivity contribution in [3.8, 4) is 16.9 Å². The molecule has 3 aromatic carbocycles. The number of thioether (sulfide) groups is 1. The van der Waals surface area contributed by atoms with E-state index in [1.54, 1.807) is 23.9 Å². The minimum atomic E-state index is -4.37. The summed E-state index contributed by atoms with van der Waals surface area (Å²) in [6.07, 6.45) is -1.53. The molecule has 0 aliphatic heterocycles. The third-order valence-corrected chi connectivity index (χ3v) is 8.56. The highest BCUT2D eigenvalue weighted by molar-refractivity contribution is 8.27. The van der Waals surface area contributed by atoms with Crippen LogP contribution < -0.4 is 9.46 Å². The second-order valence-electron chi connectivity index (χ2n) is 8.70. The molecule has 0 heterocycles. The van der Waals surface area contributed by atoms with E-state index in [9.17, 15) is 23.1 Å². The minimum Gasteiger partial charge on any atom is -0.495 e. The Labute approximate surface area is 235 Å². The predicted molar refractivity (Wildman–Crippen MR) is 157 cm³/mol. The third-order valence-electron chi connectivity index (χ3n) is 6.08. The molecule has 0 aromatic heterocycles. The van der Waals surface area contributed by atoms with Gasteiger partial charge in [-0.3, -0.25) is 0 Å². The lowest BCUT2D eigenvalue weighted by atomic mass is 9.98. The van der Waals surface area contributed by atoms with Crippen LogP contribution in [0.4, 0.5) is 18.9 Å². The summed E-state index contributed by atoms with van der Waals surface area (Å²) in [4.78, 5) is 12.4. The molecule has 0 fully saturated rings. The van der Waals surface area contributed by atoms with Crippen LogP contribution in [0, 0.1) is 6.92 Å². The van der Waals surface area contributed by atoms with Gasteiger partial charge in [-0.1, -0.05) is 66.7 Å². The Morgan fingerprint density at radius 1 is 1.03 bits per heavy atom. The minimum absolute atomic E-state index is 0.140. The molecular weight excluding hydrogens is 543 g/mol. The van der Waals surface area contributed by atoms with Gasteiger partial charge in [0.2, 0.25) is 0 Å². The molecule has 9 heteroatoms. The first-order valence-corrected chi connectivity index (χ1v) is 13.8. The number of aryl methyl sites for hydroxylation is 1. The lowest BCUT2D eigenvalue weighted by molar-refractivity contribution is -0.138. The number of hydrogen-bond acceptors (Lipinski definition) is 5. The van der Waals surface area contributed by atoms with Gasteiger partial charge in [0.25, 0.3) is 0 Å². The zero-order valence-electron chi connectivity index (χ0n) is 22.3. The normalized spacial score (nSPS) is 12.7. The number of ether oxygens (including phenoxy) is 1. The number of hydrogen-bond donors (Lipinski definition) is 2. The van der Waals surface area contributed by atoms with Gasteiger partial charge in [0.15, 0.2) is 0 Å². The van der Waals surface area contributed by atoms with Crippen molar-refractivity contribution in [2.45, 2.75) is 40.3 Å². The molecule has 4 nitrogen and oxygen atoms in total. The van der Waals surface area contributed by atoms with E-state index >= 15 is 0 Å². The molecule has 206 valence electrons. The highest BCUT2D eigenvalue weighted by atomic mass is 32.2. The molecule has 2 N–H and O–H groups in total. The topological polar surface area (TPSA) is 58.6 Å². The number of benzene rings is 3. The molecule has 0 atom stereocenters. The van der Waals surface area contributed by atoms with Crippen molar-refractivity contribution in [2.75, 3.05) is 11.8 Å². The van der Waals surface area contributed by atoms with E-state index in [4.69, 9.17) is 4.74 Å². The fourth-order valence-corrected chi connectivity index (χ4v) is 5.71. The standard InChI is InChI=1S/C30H30F3NO3S2/c1-6-18(3)28(38-27(7-2)39-34-25-15-13-23(29(35)36)17-26(25)37-5)21-10-8-20(9-11-21)22-12-14-24(19(4)16-22)30(31,32)33/h7-17,34H,6H2,1-5H3,(H,35,36)/b27-7+,28-18?. The predicted octanol–water partition coefficient (Wildman–Crippen LogP) is 9.88. The van der Waals surface area contributed by atoms with Crippen molar-refractivity contribution >= 4 is 40.3 Å². The molecular formula is C30H30F3NO3S2. The van der Waals surface area contributed by atoms with Crippen molar-refractivity contribution in [3.63, 3.8) is 0 Å². The van der Waals surface area contributed by atoms with Gasteiger partial charge in [-0.25, -0.2) is 4.79 Å². The smallest absolute Gasteiger partial charge is 0.416 e. The Hall–Kier alpha value is -3.30. The van der Waals surface area contributed by atoms with Crippen LogP contribution in [0.1, 0.15) is 54.2 Å². The van der Waals surface area contributed by atoms with E-state index < -0.39 is 17.7 Å². The highest BCUT2D eigenvalue weighted by Gasteiger charge is 2.32. The van der Waals surface area contributed by atoms with Crippen LogP contribution in [-0.4, -0.2) is 18.2 Å². The molecule has 0 radical (unpaired) electrons. The van der Waals surface area contributed by atoms with Crippen LogP contribution in [0.15, 0.2) is 76.5 Å². The molecule has 0 saturated carbocycles. The Kier molecular flexibility index (Phi) is 10.2. The summed E-state index contributed by atoms with van der Waals surface area (Å²) in [7, 11) is 1.49. The number of carboxylic acids is 1. The maximum absolute atomic E-state index is 13.2. The Balaban J connectivity index is 1.80. The average Bonchev–Trinajstić information content (AvgIpc) is 2.92. The Morgan fingerprint density at radius 3 is 2.21 bits per heavy atom. The second kappa shape index (κ2) is 13.2. The molecule has 3 rings (SSSR count). The third kappa shape index (κ3) is 7.64. The fourth-order valence-electron chi connectivity index (χ4n) is 3.78. The zero-order chi connectivity index (χ0) is 28.7. The number of carboxylic acid groups (broad SMARTS) is 1. The van der Waals surface area contributed by atoms with Gasteiger partial charge in [0.1, 0.15) is 5.75 Å². The zero-order valence-corrected chi connectivity index (χ0v) is 23.9. The average molecular weight is 574 g/mol. The maximum Gasteiger partial charge on any atom is 0.416 e. The number of rotatable bonds is 10. The van der Waals surface area contributed by atoms with Gasteiger partial charge in [0, 0.05) is 4.91 Å². The fraction of sp³-hybridized carbons (Fsp3) is 0.233. The quantitative estimate of drug-likeness (QED) is 0.235. The number of carbonyl (C=O) groups is 1. The van der Waals surface area contributed by atoms with Gasteiger partial charge in [-0.05, 0) is 85.7 Å². The van der Waals surface area contributed by atoms with Crippen LogP contribution in [-0.2, 0) is 6.18 Å². The van der Waals surface area contributed by atoms with Gasteiger partial charge in [-0.2, -0.15) is 13.2 Å². The van der Waals surface area contributed by atoms with Gasteiger partial charge in [-0.15, -0.1) is 0 Å². The first-order chi connectivity index (χ1) is 18.5. The van der Waals surface area contributed by atoms with Crippen LogP contribution in [0.3, 0.4) is 0 Å². The monoisotopic (exact) mass is 573 g/mol. The highest BCUT2D eigenvalue weighted by Crippen LogP contribution is 2.43. The van der Waals surface area contributed by atoms with Crippen molar-refractivity contribution in [1.29, 1.82) is 0 Å². The number of anilines is 1. The number of halogens is 3. The molecule has 0 aliphatic carbocycles. The van der Waals surface area contributed by atoms with Crippen molar-refractivity contribution in [3.05, 3.63) is 98.8 Å². The number of aromatic carboxylic acids is 1. The molecule has 39 heavy (non-hydrogen) atoms. The lowest BCUT2D eigenvalue weighted by Gasteiger charge is -2.16. The van der Waals surface area contributed by atoms with Crippen molar-refractivity contribution in [1.82, 2.24) is 0 Å². The summed E-state index contributed by atoms with van der Waals surface area (Å²) in [6, 6.07) is 16.7. The Morgan fingerprint density at radius 2 is 1.67 bits per heavy atom.